The summed E-state index contributed by atoms with van der Waals surface area (Å²) < 4.78 is 4.64. The molecule has 0 aliphatic heterocycles. The van der Waals surface area contributed by atoms with Crippen LogP contribution in [0, 0.1) is 0 Å². The molecule has 0 spiro atoms. The third-order valence-electron chi connectivity index (χ3n) is 9.63. The second kappa shape index (κ2) is 11.4. The summed E-state index contributed by atoms with van der Waals surface area (Å²) in [4.78, 5) is 15.0. The van der Waals surface area contributed by atoms with Gasteiger partial charge in [-0.05, 0) is 59.7 Å². The topological polar surface area (TPSA) is 48.5 Å². The zero-order valence-corrected chi connectivity index (χ0v) is 27.0. The Labute approximate surface area is 288 Å². The molecule has 50 heavy (non-hydrogen) atoms. The Balaban J connectivity index is 1.22. The van der Waals surface area contributed by atoms with E-state index in [4.69, 9.17) is 15.0 Å². The Kier molecular flexibility index (Phi) is 6.42. The lowest BCUT2D eigenvalue weighted by molar-refractivity contribution is 1.08. The fourth-order valence-corrected chi connectivity index (χ4v) is 7.35. The van der Waals surface area contributed by atoms with E-state index in [2.05, 4.69) is 143 Å². The van der Waals surface area contributed by atoms with E-state index in [0.29, 0.717) is 5.82 Å². The first-order valence-corrected chi connectivity index (χ1v) is 16.8. The van der Waals surface area contributed by atoms with Crippen LogP contribution in [-0.2, 0) is 0 Å². The van der Waals surface area contributed by atoms with Crippen LogP contribution in [0.25, 0.3) is 88.9 Å². The summed E-state index contributed by atoms with van der Waals surface area (Å²) >= 11 is 0. The van der Waals surface area contributed by atoms with Crippen molar-refractivity contribution in [2.24, 2.45) is 0 Å². The molecule has 0 unspecified atom stereocenters. The van der Waals surface area contributed by atoms with E-state index in [1.807, 2.05) is 42.7 Å². The van der Waals surface area contributed by atoms with Crippen molar-refractivity contribution >= 4 is 43.7 Å². The normalized spacial score (nSPS) is 11.6. The van der Waals surface area contributed by atoms with Gasteiger partial charge in [0.1, 0.15) is 0 Å². The minimum absolute atomic E-state index is 0.690. The maximum Gasteiger partial charge on any atom is 0.159 e. The molecule has 0 bridgehead atoms. The number of hydrogen-bond donors (Lipinski definition) is 0. The molecule has 4 heterocycles. The smallest absolute Gasteiger partial charge is 0.159 e. The molecule has 0 saturated carbocycles. The molecule has 0 saturated heterocycles. The summed E-state index contributed by atoms with van der Waals surface area (Å²) in [7, 11) is 0. The summed E-state index contributed by atoms with van der Waals surface area (Å²) in [5.74, 6) is 0.690. The predicted octanol–water partition coefficient (Wildman–Crippen LogP) is 11.1. The molecule has 6 aromatic carbocycles. The lowest BCUT2D eigenvalue weighted by atomic mass is 10.0. The van der Waals surface area contributed by atoms with E-state index in [9.17, 15) is 0 Å². The highest BCUT2D eigenvalue weighted by Gasteiger charge is 2.20. The zero-order chi connectivity index (χ0) is 33.0. The van der Waals surface area contributed by atoms with Gasteiger partial charge in [-0.2, -0.15) is 0 Å². The van der Waals surface area contributed by atoms with E-state index in [-0.39, 0.29) is 0 Å². The quantitative estimate of drug-likeness (QED) is 0.188. The first kappa shape index (κ1) is 28.2. The molecule has 5 nitrogen and oxygen atoms in total. The standard InChI is InChI=1S/C45H29N5/c1-4-13-30(14-5-1)43-42(29-47-45(48-43)31-15-6-2-7-16-31)50-39-21-12-26-46-44(39)37-25-23-33(28-41(37)50)32-22-24-36-35-19-10-11-20-38(35)49(40(36)27-32)34-17-8-3-9-18-34/h1-29H. The van der Waals surface area contributed by atoms with Gasteiger partial charge < -0.3 is 9.13 Å². The van der Waals surface area contributed by atoms with E-state index in [0.717, 1.165) is 61.3 Å². The summed E-state index contributed by atoms with van der Waals surface area (Å²) in [6.45, 7) is 0. The van der Waals surface area contributed by atoms with Crippen molar-refractivity contribution < 1.29 is 0 Å². The molecular weight excluding hydrogens is 611 g/mol. The monoisotopic (exact) mass is 639 g/mol. The lowest BCUT2D eigenvalue weighted by Gasteiger charge is -2.14. The predicted molar refractivity (Wildman–Crippen MR) is 205 cm³/mol. The van der Waals surface area contributed by atoms with Crippen LogP contribution in [0.1, 0.15) is 0 Å². The molecule has 10 aromatic rings. The van der Waals surface area contributed by atoms with Gasteiger partial charge in [0, 0.05) is 39.2 Å². The van der Waals surface area contributed by atoms with Crippen LogP contribution in [0.2, 0.25) is 0 Å². The highest BCUT2D eigenvalue weighted by molar-refractivity contribution is 6.11. The number of hydrogen-bond acceptors (Lipinski definition) is 3. The molecule has 0 N–H and O–H groups in total. The molecule has 234 valence electrons. The molecule has 0 radical (unpaired) electrons. The Morgan fingerprint density at radius 1 is 0.400 bits per heavy atom. The van der Waals surface area contributed by atoms with Gasteiger partial charge in [-0.1, -0.05) is 115 Å². The summed E-state index contributed by atoms with van der Waals surface area (Å²) in [6, 6.07) is 57.4. The van der Waals surface area contributed by atoms with Crippen molar-refractivity contribution in [3.05, 3.63) is 176 Å². The van der Waals surface area contributed by atoms with Crippen molar-refractivity contribution in [1.29, 1.82) is 0 Å². The number of benzene rings is 6. The number of aromatic nitrogens is 5. The number of rotatable bonds is 5. The highest BCUT2D eigenvalue weighted by Crippen LogP contribution is 2.39. The largest absolute Gasteiger partial charge is 0.309 e. The van der Waals surface area contributed by atoms with E-state index in [1.54, 1.807) is 0 Å². The molecule has 0 aliphatic carbocycles. The Morgan fingerprint density at radius 2 is 1.00 bits per heavy atom. The van der Waals surface area contributed by atoms with Crippen LogP contribution >= 0.6 is 0 Å². The van der Waals surface area contributed by atoms with E-state index in [1.165, 1.54) is 21.8 Å². The van der Waals surface area contributed by atoms with Crippen LogP contribution in [-0.4, -0.2) is 24.1 Å². The number of pyridine rings is 1. The molecule has 0 atom stereocenters. The maximum atomic E-state index is 5.20. The number of nitrogens with zero attached hydrogens (tertiary/aromatic N) is 5. The molecule has 5 heteroatoms. The molecule has 0 amide bonds. The van der Waals surface area contributed by atoms with Crippen molar-refractivity contribution in [1.82, 2.24) is 24.1 Å². The Morgan fingerprint density at radius 3 is 1.76 bits per heavy atom. The van der Waals surface area contributed by atoms with Gasteiger partial charge in [-0.15, -0.1) is 0 Å². The number of fused-ring (bicyclic) bond motifs is 6. The summed E-state index contributed by atoms with van der Waals surface area (Å²) in [5.41, 5.74) is 12.5. The molecule has 0 fully saturated rings. The molecular formula is C45H29N5. The summed E-state index contributed by atoms with van der Waals surface area (Å²) in [5, 5.41) is 3.55. The fourth-order valence-electron chi connectivity index (χ4n) is 7.35. The average molecular weight is 640 g/mol. The lowest BCUT2D eigenvalue weighted by Crippen LogP contribution is -2.02. The van der Waals surface area contributed by atoms with Crippen LogP contribution in [0.3, 0.4) is 0 Å². The first-order valence-electron chi connectivity index (χ1n) is 16.8. The van der Waals surface area contributed by atoms with Gasteiger partial charge in [0.2, 0.25) is 0 Å². The van der Waals surface area contributed by atoms with Crippen LogP contribution in [0.4, 0.5) is 0 Å². The van der Waals surface area contributed by atoms with E-state index >= 15 is 0 Å². The van der Waals surface area contributed by atoms with Crippen molar-refractivity contribution in [3.8, 4) is 45.1 Å². The van der Waals surface area contributed by atoms with E-state index < -0.39 is 0 Å². The molecule has 4 aromatic heterocycles. The second-order valence-corrected chi connectivity index (χ2v) is 12.5. The Bertz CT molecular complexity index is 2850. The average Bonchev–Trinajstić information content (AvgIpc) is 3.71. The fraction of sp³-hybridized carbons (Fsp3) is 0. The van der Waals surface area contributed by atoms with Gasteiger partial charge >= 0.3 is 0 Å². The molecule has 10 rings (SSSR count). The highest BCUT2D eigenvalue weighted by atomic mass is 15.0. The minimum atomic E-state index is 0.690. The third-order valence-corrected chi connectivity index (χ3v) is 9.63. The van der Waals surface area contributed by atoms with Crippen LogP contribution < -0.4 is 0 Å². The van der Waals surface area contributed by atoms with Gasteiger partial charge in [0.15, 0.2) is 5.82 Å². The molecule has 0 aliphatic rings. The van der Waals surface area contributed by atoms with Gasteiger partial charge in [0.05, 0.1) is 45.2 Å². The maximum absolute atomic E-state index is 5.20. The zero-order valence-electron chi connectivity index (χ0n) is 27.0. The van der Waals surface area contributed by atoms with Crippen molar-refractivity contribution in [2.45, 2.75) is 0 Å². The first-order chi connectivity index (χ1) is 24.8. The van der Waals surface area contributed by atoms with Crippen molar-refractivity contribution in [3.63, 3.8) is 0 Å². The second-order valence-electron chi connectivity index (χ2n) is 12.5. The minimum Gasteiger partial charge on any atom is -0.309 e. The van der Waals surface area contributed by atoms with Crippen LogP contribution in [0.5, 0.6) is 0 Å². The van der Waals surface area contributed by atoms with Gasteiger partial charge in [-0.3, -0.25) is 4.98 Å². The van der Waals surface area contributed by atoms with Gasteiger partial charge in [0.25, 0.3) is 0 Å². The SMILES string of the molecule is c1ccc(-c2ncc(-n3c4cc(-c5ccc6c7ccccc7n(-c7ccccc7)c6c5)ccc4c4ncccc43)c(-c3ccccc3)n2)cc1. The number of para-hydroxylation sites is 2. The third kappa shape index (κ3) is 4.45. The Hall–Kier alpha value is -6.85. The van der Waals surface area contributed by atoms with Gasteiger partial charge in [-0.25, -0.2) is 9.97 Å². The van der Waals surface area contributed by atoms with Crippen molar-refractivity contribution in [2.75, 3.05) is 0 Å². The summed E-state index contributed by atoms with van der Waals surface area (Å²) in [6.07, 6.45) is 3.82. The van der Waals surface area contributed by atoms with Crippen LogP contribution in [0.15, 0.2) is 176 Å².